The van der Waals surface area contributed by atoms with E-state index < -0.39 is 18.2 Å². The number of anilines is 1. The van der Waals surface area contributed by atoms with Gasteiger partial charge >= 0.3 is 12.5 Å². The quantitative estimate of drug-likeness (QED) is 0.262. The van der Waals surface area contributed by atoms with Gasteiger partial charge in [0, 0.05) is 30.9 Å². The molecule has 2 N–H and O–H groups in total. The average Bonchev–Trinajstić information content (AvgIpc) is 3.49. The van der Waals surface area contributed by atoms with Crippen LogP contribution in [0.5, 0.6) is 5.75 Å². The molecule has 0 amide bonds. The molecule has 0 saturated carbocycles. The van der Waals surface area contributed by atoms with E-state index in [1.807, 2.05) is 0 Å². The van der Waals surface area contributed by atoms with Crippen molar-refractivity contribution in [2.45, 2.75) is 19.1 Å². The summed E-state index contributed by atoms with van der Waals surface area (Å²) in [6, 6.07) is 12.0. The molecule has 0 fully saturated rings. The maximum Gasteiger partial charge on any atom is 0.573 e. The zero-order valence-corrected chi connectivity index (χ0v) is 19.4. The first kappa shape index (κ1) is 25.0. The van der Waals surface area contributed by atoms with Gasteiger partial charge in [0.2, 0.25) is 0 Å². The van der Waals surface area contributed by atoms with Crippen LogP contribution in [-0.2, 0) is 19.8 Å². The van der Waals surface area contributed by atoms with Crippen LogP contribution in [0, 0.1) is 0 Å². The average molecular weight is 533 g/mol. The number of nitrogens with zero attached hydrogens (tertiary/aromatic N) is 5. The van der Waals surface area contributed by atoms with Crippen LogP contribution < -0.4 is 10.1 Å². The molecule has 0 aliphatic rings. The van der Waals surface area contributed by atoms with E-state index in [0.717, 1.165) is 23.9 Å². The van der Waals surface area contributed by atoms with Crippen molar-refractivity contribution in [1.82, 2.24) is 29.5 Å². The van der Waals surface area contributed by atoms with E-state index in [4.69, 9.17) is 0 Å². The second-order valence-electron chi connectivity index (χ2n) is 8.18. The number of aryl methyl sites for hydroxylation is 1. The third-order valence-electron chi connectivity index (χ3n) is 5.47. The number of nitrogens with one attached hydrogen (secondary N) is 2. The summed E-state index contributed by atoms with van der Waals surface area (Å²) in [5.41, 5.74) is 1.68. The lowest BCUT2D eigenvalue weighted by Crippen LogP contribution is -2.16. The van der Waals surface area contributed by atoms with Crippen molar-refractivity contribution in [2.75, 3.05) is 5.32 Å². The summed E-state index contributed by atoms with van der Waals surface area (Å²) >= 11 is 0. The Bertz CT molecular complexity index is 1570. The third kappa shape index (κ3) is 5.38. The lowest BCUT2D eigenvalue weighted by Gasteiger charge is -2.11. The molecule has 5 rings (SSSR count). The first-order chi connectivity index (χ1) is 18.0. The summed E-state index contributed by atoms with van der Waals surface area (Å²) in [5.74, 6) is 0.449. The molecule has 0 bridgehead atoms. The topological polar surface area (TPSA) is 93.5 Å². The molecular formula is C24H17F6N7O. The minimum absolute atomic E-state index is 0.183. The number of aromatic nitrogens is 6. The van der Waals surface area contributed by atoms with E-state index in [0.29, 0.717) is 34.7 Å². The number of H-pyrrole nitrogens is 1. The van der Waals surface area contributed by atoms with E-state index in [1.165, 1.54) is 30.1 Å². The molecule has 0 aliphatic carbocycles. The van der Waals surface area contributed by atoms with Gasteiger partial charge in [-0.25, -0.2) is 19.9 Å². The number of alkyl halides is 6. The van der Waals surface area contributed by atoms with Crippen molar-refractivity contribution in [1.29, 1.82) is 0 Å². The minimum atomic E-state index is -4.80. The Morgan fingerprint density at radius 3 is 2.21 bits per heavy atom. The first-order valence-corrected chi connectivity index (χ1v) is 11.0. The smallest absolute Gasteiger partial charge is 0.406 e. The van der Waals surface area contributed by atoms with Gasteiger partial charge in [0.05, 0.1) is 6.33 Å². The number of aromatic amines is 1. The van der Waals surface area contributed by atoms with E-state index in [1.54, 1.807) is 24.3 Å². The maximum atomic E-state index is 13.0. The number of hydrogen-bond acceptors (Lipinski definition) is 6. The summed E-state index contributed by atoms with van der Waals surface area (Å²) in [5, 5.41) is 3.17. The highest BCUT2D eigenvalue weighted by Crippen LogP contribution is 2.31. The Morgan fingerprint density at radius 2 is 1.58 bits per heavy atom. The standard InChI is InChI=1S/C24H17F6N7O/c1-37-11-17(23(25,26)27)34-22(37)15-4-2-13(3-5-15)10-31-20-18-21(33-12-32-18)36-19(35-20)14-6-8-16(9-7-14)38-24(28,29)30/h2-9,11-12H,10H2,1H3,(H2,31,32,33,35,36). The van der Waals surface area contributed by atoms with Crippen LogP contribution in [0.4, 0.5) is 32.2 Å². The van der Waals surface area contributed by atoms with Gasteiger partial charge in [-0.3, -0.25) is 0 Å². The zero-order chi connectivity index (χ0) is 27.1. The largest absolute Gasteiger partial charge is 0.573 e. The lowest BCUT2D eigenvalue weighted by atomic mass is 10.1. The number of hydrogen-bond donors (Lipinski definition) is 2. The second-order valence-corrected chi connectivity index (χ2v) is 8.18. The van der Waals surface area contributed by atoms with E-state index >= 15 is 0 Å². The number of imidazole rings is 2. The third-order valence-corrected chi connectivity index (χ3v) is 5.47. The van der Waals surface area contributed by atoms with Crippen molar-refractivity contribution >= 4 is 17.0 Å². The van der Waals surface area contributed by atoms with E-state index in [9.17, 15) is 26.3 Å². The van der Waals surface area contributed by atoms with Crippen LogP contribution in [0.25, 0.3) is 33.9 Å². The molecule has 3 aromatic heterocycles. The lowest BCUT2D eigenvalue weighted by molar-refractivity contribution is -0.274. The molecule has 0 saturated heterocycles. The first-order valence-electron chi connectivity index (χ1n) is 11.0. The molecule has 38 heavy (non-hydrogen) atoms. The molecule has 8 nitrogen and oxygen atoms in total. The fraction of sp³-hybridized carbons (Fsp3) is 0.167. The number of benzene rings is 2. The van der Waals surface area contributed by atoms with Gasteiger partial charge in [-0.2, -0.15) is 13.2 Å². The second kappa shape index (κ2) is 9.36. The fourth-order valence-corrected chi connectivity index (χ4v) is 3.72. The van der Waals surface area contributed by atoms with Crippen molar-refractivity contribution in [3.05, 3.63) is 72.3 Å². The fourth-order valence-electron chi connectivity index (χ4n) is 3.72. The van der Waals surface area contributed by atoms with Gasteiger partial charge < -0.3 is 19.6 Å². The Morgan fingerprint density at radius 1 is 0.895 bits per heavy atom. The van der Waals surface area contributed by atoms with Crippen LogP contribution in [0.15, 0.2) is 61.1 Å². The molecule has 5 aromatic rings. The molecule has 2 aromatic carbocycles. The maximum absolute atomic E-state index is 13.0. The summed E-state index contributed by atoms with van der Waals surface area (Å²) in [7, 11) is 1.49. The Labute approximate surface area is 210 Å². The summed E-state index contributed by atoms with van der Waals surface area (Å²) in [4.78, 5) is 19.6. The van der Waals surface area contributed by atoms with E-state index in [2.05, 4.69) is 35.0 Å². The van der Waals surface area contributed by atoms with Crippen molar-refractivity contribution in [3.63, 3.8) is 0 Å². The molecule has 0 aliphatic heterocycles. The zero-order valence-electron chi connectivity index (χ0n) is 19.4. The Balaban J connectivity index is 1.35. The highest BCUT2D eigenvalue weighted by Gasteiger charge is 2.34. The van der Waals surface area contributed by atoms with Gasteiger partial charge in [0.1, 0.15) is 17.1 Å². The predicted molar refractivity (Wildman–Crippen MR) is 125 cm³/mol. The molecule has 0 atom stereocenters. The summed E-state index contributed by atoms with van der Waals surface area (Å²) in [6.45, 7) is 0.303. The monoisotopic (exact) mass is 533 g/mol. The van der Waals surface area contributed by atoms with Gasteiger partial charge in [0.15, 0.2) is 23.0 Å². The molecule has 3 heterocycles. The van der Waals surface area contributed by atoms with Gasteiger partial charge in [-0.05, 0) is 29.8 Å². The van der Waals surface area contributed by atoms with Crippen LogP contribution in [0.3, 0.4) is 0 Å². The van der Waals surface area contributed by atoms with Crippen LogP contribution in [0.2, 0.25) is 0 Å². The number of halogens is 6. The molecule has 0 unspecified atom stereocenters. The van der Waals surface area contributed by atoms with Crippen LogP contribution in [-0.4, -0.2) is 35.8 Å². The molecule has 0 radical (unpaired) electrons. The number of rotatable bonds is 6. The van der Waals surface area contributed by atoms with Crippen molar-refractivity contribution in [2.24, 2.45) is 7.05 Å². The molecule has 0 spiro atoms. The van der Waals surface area contributed by atoms with Gasteiger partial charge in [-0.15, -0.1) is 13.2 Å². The van der Waals surface area contributed by atoms with Gasteiger partial charge in [-0.1, -0.05) is 24.3 Å². The van der Waals surface area contributed by atoms with E-state index in [-0.39, 0.29) is 17.4 Å². The normalized spacial score (nSPS) is 12.2. The molecule has 196 valence electrons. The van der Waals surface area contributed by atoms with Crippen LogP contribution >= 0.6 is 0 Å². The van der Waals surface area contributed by atoms with Crippen molar-refractivity contribution < 1.29 is 31.1 Å². The highest BCUT2D eigenvalue weighted by molar-refractivity contribution is 5.84. The molecular weight excluding hydrogens is 516 g/mol. The van der Waals surface area contributed by atoms with Gasteiger partial charge in [0.25, 0.3) is 0 Å². The SMILES string of the molecule is Cn1cc(C(F)(F)F)nc1-c1ccc(CNc2nc(-c3ccc(OC(F)(F)F)cc3)nc3nc[nH]c23)cc1. The predicted octanol–water partition coefficient (Wildman–Crippen LogP) is 5.95. The number of fused-ring (bicyclic) bond motifs is 1. The summed E-state index contributed by atoms with van der Waals surface area (Å²) in [6.07, 6.45) is -6.97. The molecule has 14 heteroatoms. The number of ether oxygens (including phenoxy) is 1. The Hall–Kier alpha value is -4.62. The minimum Gasteiger partial charge on any atom is -0.406 e. The van der Waals surface area contributed by atoms with Crippen LogP contribution in [0.1, 0.15) is 11.3 Å². The summed E-state index contributed by atoms with van der Waals surface area (Å²) < 4.78 is 81.5. The van der Waals surface area contributed by atoms with Crippen molar-refractivity contribution in [3.8, 4) is 28.5 Å². The highest BCUT2D eigenvalue weighted by atomic mass is 19.4. The Kier molecular flexibility index (Phi) is 6.17.